The van der Waals surface area contributed by atoms with Crippen LogP contribution in [0.4, 0.5) is 0 Å². The first-order valence-electron chi connectivity index (χ1n) is 36.7. The van der Waals surface area contributed by atoms with Crippen molar-refractivity contribution in [3.63, 3.8) is 0 Å². The molecule has 3 unspecified atom stereocenters. The number of hydrogen-bond donors (Lipinski definition) is 9. The zero-order valence-electron chi connectivity index (χ0n) is 67.1. The van der Waals surface area contributed by atoms with Crippen LogP contribution in [0, 0.1) is 314 Å². The second-order valence-electron chi connectivity index (χ2n) is 33.4. The van der Waals surface area contributed by atoms with Gasteiger partial charge in [-0.15, -0.1) is 0 Å². The quantitative estimate of drug-likeness (QED) is 0.0347. The summed E-state index contributed by atoms with van der Waals surface area (Å²) in [5.41, 5.74) is -12.8. The minimum absolute atomic E-state index is 0. The van der Waals surface area contributed by atoms with Gasteiger partial charge in [0.15, 0.2) is 11.6 Å². The van der Waals surface area contributed by atoms with E-state index in [2.05, 4.69) is 28.6 Å². The molecule has 12 rings (SSSR count). The Balaban J connectivity index is 0.000000331. The first kappa shape index (κ1) is 101. The fraction of sp³-hybridized carbons (Fsp3) is 0.847. The number of fused-ring (bicyclic) bond motifs is 15. The molecule has 23 nitrogen and oxygen atoms in total. The van der Waals surface area contributed by atoms with E-state index in [0.29, 0.717) is 41.6 Å². The third-order valence-electron chi connectivity index (χ3n) is 28.0. The fourth-order valence-electron chi connectivity index (χ4n) is 21.7. The van der Waals surface area contributed by atoms with E-state index >= 15 is 0 Å². The Hall–Kier alpha value is 7.43. The van der Waals surface area contributed by atoms with Crippen LogP contribution in [-0.4, -0.2) is 221 Å². The van der Waals surface area contributed by atoms with Crippen LogP contribution in [0.15, 0.2) is 33.4 Å². The number of halogens is 2. The Morgan fingerprint density at radius 3 is 1.20 bits per heavy atom. The van der Waals surface area contributed by atoms with Crippen molar-refractivity contribution in [2.24, 2.45) is 68.0 Å². The molecule has 9 fully saturated rings. The Morgan fingerprint density at radius 2 is 0.830 bits per heavy atom. The molecule has 6 bridgehead atoms. The molecular weight excluding hydrogens is 2870 g/mol. The zero-order chi connectivity index (χ0) is 78.1. The van der Waals surface area contributed by atoms with Gasteiger partial charge in [-0.05, 0) is 122 Å². The van der Waals surface area contributed by atoms with Gasteiger partial charge >= 0.3 is 71.9 Å². The minimum atomic E-state index is -1.81. The molecule has 0 aromatic heterocycles. The van der Waals surface area contributed by atoms with Crippen LogP contribution >= 0.6 is 64.7 Å². The average molecular weight is 2990 g/mol. The van der Waals surface area contributed by atoms with Crippen molar-refractivity contribution < 1.29 is 361 Å². The van der Waals surface area contributed by atoms with Gasteiger partial charge in [0.1, 0.15) is 64.1 Å². The van der Waals surface area contributed by atoms with Crippen molar-refractivity contribution in [2.75, 3.05) is 38.5 Å². The molecule has 0 amide bonds. The van der Waals surface area contributed by atoms with Crippen LogP contribution in [0.3, 0.4) is 0 Å². The number of rotatable bonds is 9. The maximum absolute atomic E-state index is 14.0. The molecule has 9 N–H and O–H groups in total. The summed E-state index contributed by atoms with van der Waals surface area (Å²) in [5.74, 6) is -5.50. The van der Waals surface area contributed by atoms with Gasteiger partial charge in [0.2, 0.25) is 0 Å². The number of ketones is 2. The van der Waals surface area contributed by atoms with Crippen LogP contribution in [0.2, 0.25) is 0 Å². The standard InChI is InChI=1S/C24H38O8S.C24H36O8S.C24H36O7S.5Ac.2HI.Sm/c2*1-11-8-15-23(28,10-30-15)18-20(31-13(3)25)24(29)9-14(32-33-7)12(2)16(21(24,4)5)17(26)19(27)22(11,18)6;1-12-8-17-23(27,11-29-17)19-20(30-14(3)25)24(28)10-16(31-32-7)13(2)18(21(24,4)5)15(26)9-22(12,19)6;;;;;;;;/h11,14-15,17-20,26-29H,8-10H2,1-7H3;11,14-15,18-20,27-29H,8-10H2,1-7H3;12,16-17,19-20,27-28H,8-11H2,1-7H3;;;;;;2*1H;/q;;;;;;;;;;+2/p-2/t11-,14-,15+,17+,18?,19+,20-,22+,23-,24+;11-,14-,15+,18?,19+,20-,22+,23-,24+;12-,16-,17+,19?,20-,22+,23-,24+;;;;;;;;/m000......../s1/i3*7T;;;;;;;;. The van der Waals surface area contributed by atoms with E-state index in [-0.39, 0.29) is 339 Å². The summed E-state index contributed by atoms with van der Waals surface area (Å²) in [5, 5.41) is 108. The molecule has 3 saturated heterocycles. The van der Waals surface area contributed by atoms with Gasteiger partial charge in [-0.1, -0.05) is 83.1 Å². The van der Waals surface area contributed by atoms with E-state index in [0.717, 1.165) is 41.7 Å². The molecule has 9 aliphatic carbocycles. The van der Waals surface area contributed by atoms with E-state index in [1.165, 1.54) is 20.8 Å². The Bertz CT molecular complexity index is 3440. The van der Waals surface area contributed by atoms with Crippen LogP contribution in [0.1, 0.15) is 174 Å². The van der Waals surface area contributed by atoms with Crippen molar-refractivity contribution in [1.82, 2.24) is 0 Å². The number of aliphatic hydroxyl groups excluding tert-OH is 3. The summed E-state index contributed by atoms with van der Waals surface area (Å²) < 4.78 is 74.6. The van der Waals surface area contributed by atoms with Crippen molar-refractivity contribution >= 4 is 94.2 Å². The topological polar surface area (TPSA) is 350 Å². The number of Topliss-reactive ketones (excluding diaryl/α,β-unsaturated/α-hetero) is 2. The average Bonchev–Trinajstić information content (AvgIpc) is 0.684. The predicted molar refractivity (Wildman–Crippen MR) is 391 cm³/mol. The summed E-state index contributed by atoms with van der Waals surface area (Å²) in [6.07, 6.45) is -9.68. The number of aliphatic hydroxyl groups is 9. The summed E-state index contributed by atoms with van der Waals surface area (Å²) in [4.78, 5) is 65.2. The molecule has 0 aromatic rings. The van der Waals surface area contributed by atoms with Crippen LogP contribution in [0.5, 0.6) is 0 Å². The van der Waals surface area contributed by atoms with Crippen molar-refractivity contribution in [3.05, 3.63) is 33.4 Å². The molecule has 3 aliphatic heterocycles. The van der Waals surface area contributed by atoms with Crippen molar-refractivity contribution in [1.29, 1.82) is 0 Å². The molecule has 27 atom stereocenters. The van der Waals surface area contributed by atoms with E-state index in [1.807, 2.05) is 48.5 Å². The molecule has 3 heterocycles. The second-order valence-corrected chi connectivity index (χ2v) is 54.1. The van der Waals surface area contributed by atoms with Crippen LogP contribution in [-0.2, 0) is 64.9 Å². The van der Waals surface area contributed by atoms with Crippen molar-refractivity contribution in [3.8, 4) is 0 Å². The van der Waals surface area contributed by atoms with Crippen molar-refractivity contribution in [2.45, 2.75) is 276 Å². The molecule has 106 heavy (non-hydrogen) atoms. The third-order valence-corrected chi connectivity index (χ3v) is 29.2. The number of carbonyl (C=O) groups is 5. The van der Waals surface area contributed by atoms with Crippen LogP contribution < -0.4 is 0 Å². The van der Waals surface area contributed by atoms with Gasteiger partial charge in [-0.2, -0.15) is 0 Å². The van der Waals surface area contributed by atoms with E-state index in [4.69, 9.17) is 45.1 Å². The summed E-state index contributed by atoms with van der Waals surface area (Å²) >= 11 is 7.83. The normalized spacial score (nSPS) is 45.9. The number of esters is 3. The molecule has 5 radical (unpaired) electrons. The first-order valence-corrected chi connectivity index (χ1v) is 52.4. The zero-order valence-corrected chi connectivity index (χ0v) is 97.2. The van der Waals surface area contributed by atoms with E-state index < -0.39 is 181 Å². The first-order chi connectivity index (χ1) is 48.0. The van der Waals surface area contributed by atoms with E-state index in [1.54, 1.807) is 55.4 Å². The number of hydrogen-bond acceptors (Lipinski definition) is 26. The Kier molecular flexibility index (Phi) is 36.9. The molecule has 0 spiro atoms. The number of carbonyl (C=O) groups excluding carboxylic acids is 5. The maximum atomic E-state index is 14.0. The van der Waals surface area contributed by atoms with Gasteiger partial charge in [0.05, 0.1) is 62.5 Å². The van der Waals surface area contributed by atoms with Crippen LogP contribution in [0.25, 0.3) is 0 Å². The van der Waals surface area contributed by atoms with Gasteiger partial charge < -0.3 is 86.9 Å². The second kappa shape index (κ2) is 38.9. The molecule has 589 valence electrons. The molecule has 34 heteroatoms. The van der Waals surface area contributed by atoms with Gasteiger partial charge in [-0.3, -0.25) is 24.0 Å². The Morgan fingerprint density at radius 1 is 0.509 bits per heavy atom. The summed E-state index contributed by atoms with van der Waals surface area (Å²) in [6.45, 7) is 31.1. The monoisotopic (exact) mass is 2990 g/mol. The molecular formula is C72H110Ac5I2O23S3Sm. The molecule has 0 aromatic carbocycles. The SMILES string of the molecule is [3H]CSO[C@H]1C[C@@]2(O)[C@@H](OC(C)=O)C3[C@](C)(CC(=O)C(=C1C)C2(C)C)[C@@H](C)C[C@H]1OC[C@@]31O.[3H]CSO[C@H]1C[C@@]2(O)[C@@H](OC(C)=O)C3[C@](C)([C@H](O)C(=O)C(=C1C)C2(C)C)[C@@H](C)C[C@H]1OC[C@@]31O.[3H]CSO[C@H]1C[C@@]2(O)[C@@H](OC(C)=O)C3[C@](C)([C@H](O)[C@H](O)C(=C1C)C2(C)C)[C@@H](C)C[C@H]1OC[C@@]31O.[Ac].[Ac].[Ac].[Ac].[Ac].[I][Sm][I]. The predicted octanol–water partition coefficient (Wildman–Crippen LogP) is 7.98. The fourth-order valence-corrected chi connectivity index (χ4v) is 22.8. The Labute approximate surface area is 855 Å². The summed E-state index contributed by atoms with van der Waals surface area (Å²) in [7, 11) is 0. The third kappa shape index (κ3) is 17.2. The molecule has 6 saturated carbocycles. The summed E-state index contributed by atoms with van der Waals surface area (Å²) in [6, 6.07) is 0. The van der Waals surface area contributed by atoms with Gasteiger partial charge in [0.25, 0.3) is 0 Å². The van der Waals surface area contributed by atoms with Gasteiger partial charge in [-0.25, -0.2) is 0 Å². The number of ether oxygens (including phenoxy) is 6. The van der Waals surface area contributed by atoms with Gasteiger partial charge in [0, 0.05) is 346 Å². The van der Waals surface area contributed by atoms with E-state index in [9.17, 15) is 69.9 Å². The molecule has 12 aliphatic rings.